The fourth-order valence-electron chi connectivity index (χ4n) is 3.60. The molecule has 1 aromatic rings. The van der Waals surface area contributed by atoms with E-state index in [1.165, 1.54) is 4.90 Å². The van der Waals surface area contributed by atoms with Crippen molar-refractivity contribution in [2.45, 2.75) is 57.9 Å². The number of aliphatic hydroxyl groups excluding tert-OH is 1. The molecule has 0 bridgehead atoms. The zero-order chi connectivity index (χ0) is 21.0. The van der Waals surface area contributed by atoms with Crippen LogP contribution in [0.1, 0.15) is 38.7 Å². The maximum absolute atomic E-state index is 12.9. The Morgan fingerprint density at radius 2 is 2.03 bits per heavy atom. The molecule has 0 saturated carbocycles. The summed E-state index contributed by atoms with van der Waals surface area (Å²) in [5.41, 5.74) is 1.96. The van der Waals surface area contributed by atoms with Crippen molar-refractivity contribution < 1.29 is 19.4 Å². The van der Waals surface area contributed by atoms with Gasteiger partial charge >= 0.3 is 0 Å². The molecule has 29 heavy (non-hydrogen) atoms. The Hall–Kier alpha value is -2.31. The van der Waals surface area contributed by atoms with Gasteiger partial charge in [0.1, 0.15) is 11.8 Å². The average Bonchev–Trinajstić information content (AvgIpc) is 2.99. The number of aliphatic hydroxyl groups is 1. The van der Waals surface area contributed by atoms with Crippen molar-refractivity contribution in [2.75, 3.05) is 6.54 Å². The van der Waals surface area contributed by atoms with Crippen molar-refractivity contribution >= 4 is 23.4 Å². The van der Waals surface area contributed by atoms with Gasteiger partial charge in [-0.3, -0.25) is 9.59 Å². The third kappa shape index (κ3) is 5.84. The molecule has 0 aliphatic carbocycles. The fourth-order valence-corrected chi connectivity index (χ4v) is 3.72. The predicted molar refractivity (Wildman–Crippen MR) is 111 cm³/mol. The highest BCUT2D eigenvalue weighted by Crippen LogP contribution is 2.24. The number of nitrogens with zero attached hydrogens (tertiary/aromatic N) is 1. The monoisotopic (exact) mass is 418 g/mol. The van der Waals surface area contributed by atoms with Crippen LogP contribution in [-0.4, -0.2) is 46.6 Å². The van der Waals surface area contributed by atoms with Crippen LogP contribution in [0.4, 0.5) is 0 Å². The summed E-state index contributed by atoms with van der Waals surface area (Å²) in [5.74, 6) is 0.0989. The van der Waals surface area contributed by atoms with Gasteiger partial charge in [-0.2, -0.15) is 0 Å². The van der Waals surface area contributed by atoms with Crippen LogP contribution in [-0.2, 0) is 20.9 Å². The van der Waals surface area contributed by atoms with Crippen molar-refractivity contribution in [3.05, 3.63) is 58.3 Å². The van der Waals surface area contributed by atoms with E-state index >= 15 is 0 Å². The van der Waals surface area contributed by atoms with Gasteiger partial charge in [0.25, 0.3) is 0 Å². The number of rotatable bonds is 5. The zero-order valence-corrected chi connectivity index (χ0v) is 17.5. The molecule has 3 rings (SSSR count). The lowest BCUT2D eigenvalue weighted by Crippen LogP contribution is -2.45. The molecule has 2 aliphatic rings. The number of halogens is 1. The molecule has 2 amide bonds. The molecule has 7 heteroatoms. The summed E-state index contributed by atoms with van der Waals surface area (Å²) in [4.78, 5) is 27.1. The number of allylic oxidation sites excluding steroid dienone is 2. The minimum Gasteiger partial charge on any atom is -0.494 e. The van der Waals surface area contributed by atoms with E-state index in [2.05, 4.69) is 11.4 Å². The highest BCUT2D eigenvalue weighted by atomic mass is 35.5. The molecule has 2 N–H and O–H groups in total. The topological polar surface area (TPSA) is 78.9 Å². The Morgan fingerprint density at radius 3 is 2.76 bits per heavy atom. The second-order valence-electron chi connectivity index (χ2n) is 7.70. The smallest absolute Gasteiger partial charge is 0.243 e. The van der Waals surface area contributed by atoms with Crippen molar-refractivity contribution in [1.82, 2.24) is 10.2 Å². The summed E-state index contributed by atoms with van der Waals surface area (Å²) in [6, 6.07) is 6.50. The molecule has 3 unspecified atom stereocenters. The Labute approximate surface area is 176 Å². The highest BCUT2D eigenvalue weighted by molar-refractivity contribution is 6.30. The molecule has 2 heterocycles. The number of benzene rings is 1. The van der Waals surface area contributed by atoms with Gasteiger partial charge in [0.15, 0.2) is 0 Å². The summed E-state index contributed by atoms with van der Waals surface area (Å²) in [7, 11) is 0. The largest absolute Gasteiger partial charge is 0.494 e. The van der Waals surface area contributed by atoms with Crippen LogP contribution < -0.4 is 5.32 Å². The van der Waals surface area contributed by atoms with E-state index in [0.717, 1.165) is 17.6 Å². The van der Waals surface area contributed by atoms with E-state index in [-0.39, 0.29) is 37.3 Å². The maximum Gasteiger partial charge on any atom is 0.243 e. The highest BCUT2D eigenvalue weighted by Gasteiger charge is 2.39. The normalized spacial score (nSPS) is 24.3. The van der Waals surface area contributed by atoms with Crippen molar-refractivity contribution in [3.63, 3.8) is 0 Å². The molecule has 6 nitrogen and oxygen atoms in total. The number of carbonyl (C=O) groups excluding carboxylic acids is 2. The van der Waals surface area contributed by atoms with E-state index in [4.69, 9.17) is 16.3 Å². The van der Waals surface area contributed by atoms with Gasteiger partial charge < -0.3 is 20.1 Å². The summed E-state index contributed by atoms with van der Waals surface area (Å²) in [6.45, 7) is 4.41. The SMILES string of the molecule is CC1=CCC(C)OC(CC(=O)N2CC(O)CC2C(=O)NCc2ccc(Cl)cc2)=C1. The molecule has 156 valence electrons. The number of ether oxygens (including phenoxy) is 1. The zero-order valence-electron chi connectivity index (χ0n) is 16.7. The number of hydrogen-bond acceptors (Lipinski definition) is 4. The first kappa shape index (κ1) is 21.4. The number of hydrogen-bond donors (Lipinski definition) is 2. The Bertz CT molecular complexity index is 819. The van der Waals surface area contributed by atoms with Gasteiger partial charge in [0, 0.05) is 31.0 Å². The molecular formula is C22H27ClN2O4. The molecule has 0 aromatic heterocycles. The van der Waals surface area contributed by atoms with E-state index in [9.17, 15) is 14.7 Å². The number of likely N-dealkylation sites (tertiary alicyclic amines) is 1. The second kappa shape index (κ2) is 9.46. The fraction of sp³-hybridized carbons (Fsp3) is 0.455. The molecular weight excluding hydrogens is 392 g/mol. The van der Waals surface area contributed by atoms with Gasteiger partial charge in [0.05, 0.1) is 18.6 Å². The van der Waals surface area contributed by atoms with Gasteiger partial charge in [-0.15, -0.1) is 0 Å². The third-order valence-corrected chi connectivity index (χ3v) is 5.37. The van der Waals surface area contributed by atoms with Crippen LogP contribution in [0.25, 0.3) is 0 Å². The van der Waals surface area contributed by atoms with Gasteiger partial charge in [-0.1, -0.05) is 35.4 Å². The minimum atomic E-state index is -0.713. The summed E-state index contributed by atoms with van der Waals surface area (Å²) >= 11 is 5.88. The average molecular weight is 419 g/mol. The Morgan fingerprint density at radius 1 is 1.31 bits per heavy atom. The Kier molecular flexibility index (Phi) is 6.98. The summed E-state index contributed by atoms with van der Waals surface area (Å²) < 4.78 is 5.84. The maximum atomic E-state index is 12.9. The Balaban J connectivity index is 1.62. The van der Waals surface area contributed by atoms with Crippen molar-refractivity contribution in [1.29, 1.82) is 0 Å². The van der Waals surface area contributed by atoms with Crippen LogP contribution in [0.2, 0.25) is 5.02 Å². The van der Waals surface area contributed by atoms with E-state index in [1.807, 2.05) is 32.1 Å². The van der Waals surface area contributed by atoms with Crippen LogP contribution in [0.3, 0.4) is 0 Å². The number of carbonyl (C=O) groups is 2. The first-order valence-corrected chi connectivity index (χ1v) is 10.2. The quantitative estimate of drug-likeness (QED) is 0.770. The molecule has 0 spiro atoms. The van der Waals surface area contributed by atoms with Crippen LogP contribution in [0.5, 0.6) is 0 Å². The lowest BCUT2D eigenvalue weighted by Gasteiger charge is -2.24. The van der Waals surface area contributed by atoms with Crippen LogP contribution >= 0.6 is 11.6 Å². The minimum absolute atomic E-state index is 0.00543. The van der Waals surface area contributed by atoms with E-state index < -0.39 is 12.1 Å². The number of β-amino-alcohol motifs (C(OH)–C–C–N with tert-alkyl or cyclic N) is 1. The first-order chi connectivity index (χ1) is 13.8. The predicted octanol–water partition coefficient (Wildman–Crippen LogP) is 2.95. The molecule has 3 atom stereocenters. The molecule has 0 radical (unpaired) electrons. The first-order valence-electron chi connectivity index (χ1n) is 9.85. The number of amides is 2. The lowest BCUT2D eigenvalue weighted by molar-refractivity contribution is -0.138. The molecule has 1 fully saturated rings. The van der Waals surface area contributed by atoms with Crippen molar-refractivity contribution in [2.24, 2.45) is 0 Å². The van der Waals surface area contributed by atoms with Crippen molar-refractivity contribution in [3.8, 4) is 0 Å². The van der Waals surface area contributed by atoms with Gasteiger partial charge in [-0.05, 0) is 37.6 Å². The van der Waals surface area contributed by atoms with E-state index in [0.29, 0.717) is 17.3 Å². The van der Waals surface area contributed by atoms with Crippen LogP contribution in [0.15, 0.2) is 47.7 Å². The summed E-state index contributed by atoms with van der Waals surface area (Å²) in [6.07, 6.45) is 4.32. The molecule has 2 aliphatic heterocycles. The molecule has 1 aromatic carbocycles. The standard InChI is InChI=1S/C22H27ClN2O4/c1-14-3-4-15(2)29-19(9-14)11-21(27)25-13-18(26)10-20(25)22(28)24-12-16-5-7-17(23)8-6-16/h3,5-9,15,18,20,26H,4,10-13H2,1-2H3,(H,24,28). The second-order valence-corrected chi connectivity index (χ2v) is 8.13. The lowest BCUT2D eigenvalue weighted by atomic mass is 10.1. The summed E-state index contributed by atoms with van der Waals surface area (Å²) in [5, 5.41) is 13.6. The molecule has 1 saturated heterocycles. The number of nitrogens with one attached hydrogen (secondary N) is 1. The third-order valence-electron chi connectivity index (χ3n) is 5.12. The van der Waals surface area contributed by atoms with Gasteiger partial charge in [0.2, 0.25) is 11.8 Å². The van der Waals surface area contributed by atoms with E-state index in [1.54, 1.807) is 12.1 Å². The van der Waals surface area contributed by atoms with Crippen LogP contribution in [0, 0.1) is 0 Å². The van der Waals surface area contributed by atoms with Gasteiger partial charge in [-0.25, -0.2) is 0 Å².